The molecule has 74 valence electrons. The van der Waals surface area contributed by atoms with Crippen LogP contribution in [-0.2, 0) is 13.0 Å². The van der Waals surface area contributed by atoms with Crippen LogP contribution in [0.1, 0.15) is 11.1 Å². The van der Waals surface area contributed by atoms with E-state index in [1.165, 1.54) is 6.07 Å². The average molecular weight is 196 g/mol. The number of nitrogens with zero attached hydrogens (tertiary/aromatic N) is 1. The van der Waals surface area contributed by atoms with E-state index in [-0.39, 0.29) is 5.69 Å². The number of fused-ring (bicyclic) bond motifs is 1. The highest BCUT2D eigenvalue weighted by Gasteiger charge is 2.18. The van der Waals surface area contributed by atoms with Gasteiger partial charge in [-0.25, -0.2) is 4.39 Å². The van der Waals surface area contributed by atoms with Crippen molar-refractivity contribution in [3.8, 4) is 0 Å². The highest BCUT2D eigenvalue weighted by molar-refractivity contribution is 5.42. The maximum absolute atomic E-state index is 13.4. The largest absolute Gasteiger partial charge is 0.312 e. The van der Waals surface area contributed by atoms with Gasteiger partial charge in [0.2, 0.25) is 0 Å². The Kier molecular flexibility index (Phi) is 2.17. The summed E-state index contributed by atoms with van der Waals surface area (Å²) in [6, 6.07) is 2.43. The summed E-state index contributed by atoms with van der Waals surface area (Å²) in [4.78, 5) is 9.89. The van der Waals surface area contributed by atoms with E-state index in [9.17, 15) is 14.5 Å². The Hall–Kier alpha value is -1.49. The lowest BCUT2D eigenvalue weighted by Gasteiger charge is -2.16. The molecule has 1 N–H and O–H groups in total. The molecule has 4 nitrogen and oxygen atoms in total. The fraction of sp³-hybridized carbons (Fsp3) is 0.333. The van der Waals surface area contributed by atoms with E-state index < -0.39 is 10.7 Å². The molecule has 0 atom stereocenters. The zero-order valence-electron chi connectivity index (χ0n) is 7.42. The minimum atomic E-state index is -0.571. The Morgan fingerprint density at radius 2 is 2.29 bits per heavy atom. The maximum atomic E-state index is 13.4. The second-order valence-corrected chi connectivity index (χ2v) is 3.25. The normalized spacial score (nSPS) is 14.9. The van der Waals surface area contributed by atoms with Crippen molar-refractivity contribution in [3.63, 3.8) is 0 Å². The van der Waals surface area contributed by atoms with Crippen LogP contribution < -0.4 is 5.32 Å². The van der Waals surface area contributed by atoms with Gasteiger partial charge in [0.1, 0.15) is 5.82 Å². The van der Waals surface area contributed by atoms with Crippen molar-refractivity contribution in [2.24, 2.45) is 0 Å². The molecule has 2 rings (SSSR count). The Balaban J connectivity index is 2.51. The third-order valence-electron chi connectivity index (χ3n) is 2.35. The molecule has 1 aromatic rings. The van der Waals surface area contributed by atoms with E-state index in [0.29, 0.717) is 24.1 Å². The molecule has 0 unspecified atom stereocenters. The van der Waals surface area contributed by atoms with Crippen LogP contribution in [0.25, 0.3) is 0 Å². The third kappa shape index (κ3) is 1.46. The van der Waals surface area contributed by atoms with E-state index in [1.54, 1.807) is 0 Å². The van der Waals surface area contributed by atoms with Gasteiger partial charge in [-0.15, -0.1) is 0 Å². The highest BCUT2D eigenvalue weighted by Crippen LogP contribution is 2.23. The van der Waals surface area contributed by atoms with Crippen molar-refractivity contribution in [2.45, 2.75) is 13.0 Å². The van der Waals surface area contributed by atoms with Gasteiger partial charge in [0, 0.05) is 12.6 Å². The topological polar surface area (TPSA) is 55.2 Å². The predicted molar refractivity (Wildman–Crippen MR) is 48.5 cm³/mol. The molecule has 14 heavy (non-hydrogen) atoms. The van der Waals surface area contributed by atoms with Crippen LogP contribution in [0.5, 0.6) is 0 Å². The SMILES string of the molecule is O=[N+]([O-])c1cc(F)c2c(c1)CNCC2. The van der Waals surface area contributed by atoms with Crippen molar-refractivity contribution < 1.29 is 9.31 Å². The summed E-state index contributed by atoms with van der Waals surface area (Å²) in [6.07, 6.45) is 0.596. The summed E-state index contributed by atoms with van der Waals surface area (Å²) < 4.78 is 13.4. The van der Waals surface area contributed by atoms with Crippen molar-refractivity contribution in [1.82, 2.24) is 5.32 Å². The van der Waals surface area contributed by atoms with Gasteiger partial charge >= 0.3 is 0 Å². The second-order valence-electron chi connectivity index (χ2n) is 3.25. The molecule has 0 saturated carbocycles. The summed E-state index contributed by atoms with van der Waals surface area (Å²) >= 11 is 0. The Labute approximate surface area is 79.9 Å². The number of nitrogens with one attached hydrogen (secondary N) is 1. The number of hydrogen-bond acceptors (Lipinski definition) is 3. The minimum absolute atomic E-state index is 0.176. The molecule has 0 spiro atoms. The van der Waals surface area contributed by atoms with Crippen LogP contribution in [0.3, 0.4) is 0 Å². The van der Waals surface area contributed by atoms with Gasteiger partial charge < -0.3 is 5.32 Å². The summed E-state index contributed by atoms with van der Waals surface area (Å²) in [7, 11) is 0. The van der Waals surface area contributed by atoms with Crippen LogP contribution >= 0.6 is 0 Å². The van der Waals surface area contributed by atoms with E-state index in [2.05, 4.69) is 5.32 Å². The smallest absolute Gasteiger partial charge is 0.272 e. The van der Waals surface area contributed by atoms with Gasteiger partial charge in [-0.2, -0.15) is 0 Å². The van der Waals surface area contributed by atoms with Crippen molar-refractivity contribution in [3.05, 3.63) is 39.2 Å². The number of rotatable bonds is 1. The number of halogens is 1. The first-order valence-corrected chi connectivity index (χ1v) is 4.35. The van der Waals surface area contributed by atoms with Crippen molar-refractivity contribution in [1.29, 1.82) is 0 Å². The summed E-state index contributed by atoms with van der Waals surface area (Å²) in [5.41, 5.74) is 1.13. The maximum Gasteiger partial charge on any atom is 0.272 e. The lowest BCUT2D eigenvalue weighted by atomic mass is 10.00. The summed E-state index contributed by atoms with van der Waals surface area (Å²) in [5.74, 6) is -0.462. The monoisotopic (exact) mass is 196 g/mol. The molecule has 0 radical (unpaired) electrons. The molecule has 1 aliphatic rings. The van der Waals surface area contributed by atoms with Gasteiger partial charge in [-0.05, 0) is 24.1 Å². The van der Waals surface area contributed by atoms with E-state index in [4.69, 9.17) is 0 Å². The molecule has 5 heteroatoms. The predicted octanol–water partition coefficient (Wildman–Crippen LogP) is 1.38. The molecule has 1 heterocycles. The first-order chi connectivity index (χ1) is 6.68. The average Bonchev–Trinajstić information content (AvgIpc) is 2.17. The van der Waals surface area contributed by atoms with Gasteiger partial charge in [-0.1, -0.05) is 0 Å². The van der Waals surface area contributed by atoms with E-state index in [1.807, 2.05) is 0 Å². The quantitative estimate of drug-likeness (QED) is 0.545. The number of nitro groups is 1. The Morgan fingerprint density at radius 3 is 3.00 bits per heavy atom. The molecule has 1 aliphatic heterocycles. The van der Waals surface area contributed by atoms with Crippen LogP contribution in [0.15, 0.2) is 12.1 Å². The fourth-order valence-electron chi connectivity index (χ4n) is 1.66. The first kappa shape index (κ1) is 9.08. The van der Waals surface area contributed by atoms with Crippen LogP contribution in [0, 0.1) is 15.9 Å². The van der Waals surface area contributed by atoms with Crippen LogP contribution in [0.4, 0.5) is 10.1 Å². The summed E-state index contributed by atoms with van der Waals surface area (Å²) in [5, 5.41) is 13.5. The van der Waals surface area contributed by atoms with Crippen molar-refractivity contribution >= 4 is 5.69 Å². The molecule has 0 saturated heterocycles. The second kappa shape index (κ2) is 3.34. The fourth-order valence-corrected chi connectivity index (χ4v) is 1.66. The molecule has 0 aromatic heterocycles. The zero-order valence-corrected chi connectivity index (χ0v) is 7.42. The number of nitro benzene ring substituents is 1. The Morgan fingerprint density at radius 1 is 1.50 bits per heavy atom. The molecule has 0 aliphatic carbocycles. The first-order valence-electron chi connectivity index (χ1n) is 4.35. The lowest BCUT2D eigenvalue weighted by molar-refractivity contribution is -0.385. The van der Waals surface area contributed by atoms with Gasteiger partial charge in [0.05, 0.1) is 11.0 Å². The van der Waals surface area contributed by atoms with Gasteiger partial charge in [0.25, 0.3) is 5.69 Å². The number of hydrogen-bond donors (Lipinski definition) is 1. The molecule has 0 bridgehead atoms. The lowest BCUT2D eigenvalue weighted by Crippen LogP contribution is -2.24. The van der Waals surface area contributed by atoms with Crippen LogP contribution in [-0.4, -0.2) is 11.5 Å². The summed E-state index contributed by atoms with van der Waals surface area (Å²) in [6.45, 7) is 1.23. The third-order valence-corrected chi connectivity index (χ3v) is 2.35. The Bertz CT molecular complexity index is 393. The molecular formula is C9H9FN2O2. The van der Waals surface area contributed by atoms with E-state index >= 15 is 0 Å². The van der Waals surface area contributed by atoms with E-state index in [0.717, 1.165) is 12.6 Å². The highest BCUT2D eigenvalue weighted by atomic mass is 19.1. The number of non-ortho nitro benzene ring substituents is 1. The van der Waals surface area contributed by atoms with Crippen LogP contribution in [0.2, 0.25) is 0 Å². The molecule has 0 fully saturated rings. The standard InChI is InChI=1S/C9H9FN2O2/c10-9-4-7(12(13)14)3-6-5-11-2-1-8(6)9/h3-4,11H,1-2,5H2. The number of benzene rings is 1. The van der Waals surface area contributed by atoms with Gasteiger partial charge in [-0.3, -0.25) is 10.1 Å². The van der Waals surface area contributed by atoms with Gasteiger partial charge in [0.15, 0.2) is 0 Å². The molecular weight excluding hydrogens is 187 g/mol. The minimum Gasteiger partial charge on any atom is -0.312 e. The molecule has 0 amide bonds. The zero-order chi connectivity index (χ0) is 10.1. The molecule has 1 aromatic carbocycles. The van der Waals surface area contributed by atoms with Crippen molar-refractivity contribution in [2.75, 3.05) is 6.54 Å².